The molecule has 0 amide bonds. The van der Waals surface area contributed by atoms with E-state index in [0.717, 1.165) is 12.2 Å². The Morgan fingerprint density at radius 3 is 2.08 bits per heavy atom. The van der Waals surface area contributed by atoms with Gasteiger partial charge in [-0.2, -0.15) is 0 Å². The van der Waals surface area contributed by atoms with Crippen molar-refractivity contribution in [1.29, 1.82) is 0 Å². The first kappa shape index (κ1) is 13.8. The van der Waals surface area contributed by atoms with Crippen LogP contribution < -0.4 is 0 Å². The van der Waals surface area contributed by atoms with Crippen LogP contribution in [0.15, 0.2) is 23.5 Å². The zero-order valence-electron chi connectivity index (χ0n) is 9.27. The van der Waals surface area contributed by atoms with E-state index in [4.69, 9.17) is 4.74 Å². The molecule has 0 saturated heterocycles. The largest absolute Gasteiger partial charge is 0.497 e. The summed E-state index contributed by atoms with van der Waals surface area (Å²) in [5.74, 6) is 0.944. The summed E-state index contributed by atoms with van der Waals surface area (Å²) in [6, 6.07) is 0. The average Bonchev–Trinajstić information content (AvgIpc) is 2.16. The maximum Gasteiger partial charge on any atom is 0.114 e. The van der Waals surface area contributed by atoms with Crippen LogP contribution in [-0.4, -0.2) is 7.11 Å². The van der Waals surface area contributed by atoms with Crippen molar-refractivity contribution < 1.29 is 4.74 Å². The van der Waals surface area contributed by atoms with E-state index >= 15 is 0 Å². The molecule has 0 aliphatic rings. The molecule has 0 aromatic carbocycles. The molecule has 0 N–H and O–H groups in total. The lowest BCUT2D eigenvalue weighted by Crippen LogP contribution is -1.82. The van der Waals surface area contributed by atoms with Gasteiger partial charge in [0, 0.05) is 0 Å². The summed E-state index contributed by atoms with van der Waals surface area (Å²) in [6.07, 6.45) is 5.10. The van der Waals surface area contributed by atoms with Crippen LogP contribution in [0.3, 0.4) is 0 Å². The molecule has 0 aromatic heterocycles. The molecule has 0 heterocycles. The molecule has 0 aliphatic carbocycles. The number of allylic oxidation sites excluding steroid dienone is 3. The summed E-state index contributed by atoms with van der Waals surface area (Å²) in [5.41, 5.74) is 1.34. The van der Waals surface area contributed by atoms with Gasteiger partial charge in [0.25, 0.3) is 0 Å². The van der Waals surface area contributed by atoms with E-state index in [1.807, 2.05) is 26.8 Å². The number of hydrogen-bond donors (Lipinski definition) is 0. The van der Waals surface area contributed by atoms with Gasteiger partial charge in [0.05, 0.1) is 7.11 Å². The Labute approximate surface area is 77.1 Å². The molecule has 1 heteroatoms. The van der Waals surface area contributed by atoms with Gasteiger partial charge in [-0.1, -0.05) is 26.3 Å². The predicted molar refractivity (Wildman–Crippen MR) is 56.2 cm³/mol. The second-order valence-corrected chi connectivity index (χ2v) is 2.24. The van der Waals surface area contributed by atoms with Crippen LogP contribution in [0.25, 0.3) is 0 Å². The van der Waals surface area contributed by atoms with E-state index in [9.17, 15) is 0 Å². The zero-order chi connectivity index (χ0) is 9.98. The normalized spacial score (nSPS) is 11.8. The van der Waals surface area contributed by atoms with Crippen molar-refractivity contribution in [3.05, 3.63) is 23.5 Å². The Hall–Kier alpha value is -0.720. The van der Waals surface area contributed by atoms with Gasteiger partial charge in [0.15, 0.2) is 0 Å². The molecule has 0 aliphatic heterocycles. The third-order valence-electron chi connectivity index (χ3n) is 1.47. The molecule has 0 unspecified atom stereocenters. The fraction of sp³-hybridized carbons (Fsp3) is 0.636. The van der Waals surface area contributed by atoms with Gasteiger partial charge in [0.1, 0.15) is 5.76 Å². The van der Waals surface area contributed by atoms with Crippen LogP contribution in [0.4, 0.5) is 0 Å². The SMILES string of the molecule is C/C=C(\C=C(/C)CC)OC.CC. The average molecular weight is 170 g/mol. The highest BCUT2D eigenvalue weighted by Crippen LogP contribution is 2.05. The Morgan fingerprint density at radius 2 is 1.83 bits per heavy atom. The van der Waals surface area contributed by atoms with Crippen LogP contribution >= 0.6 is 0 Å². The van der Waals surface area contributed by atoms with Crippen molar-refractivity contribution in [2.75, 3.05) is 7.11 Å². The molecule has 0 radical (unpaired) electrons. The Morgan fingerprint density at radius 1 is 1.33 bits per heavy atom. The lowest BCUT2D eigenvalue weighted by Gasteiger charge is -2.00. The minimum absolute atomic E-state index is 0.944. The zero-order valence-corrected chi connectivity index (χ0v) is 9.27. The Bertz CT molecular complexity index is 143. The van der Waals surface area contributed by atoms with Crippen molar-refractivity contribution in [1.82, 2.24) is 0 Å². The first-order chi connectivity index (χ1) is 5.74. The molecule has 72 valence electrons. The highest BCUT2D eigenvalue weighted by Gasteiger charge is 1.88. The van der Waals surface area contributed by atoms with E-state index < -0.39 is 0 Å². The number of methoxy groups -OCH3 is 1. The van der Waals surface area contributed by atoms with Crippen LogP contribution in [0, 0.1) is 0 Å². The number of rotatable bonds is 3. The maximum atomic E-state index is 5.06. The Kier molecular flexibility index (Phi) is 11.9. The summed E-state index contributed by atoms with van der Waals surface area (Å²) in [6.45, 7) is 10.2. The standard InChI is InChI=1S/C9H16O.C2H6/c1-5-8(3)7-9(6-2)10-4;1-2/h6-7H,5H2,1-4H3;1-2H3/b8-7+,9-6+;. The number of ether oxygens (including phenoxy) is 1. The van der Waals surface area contributed by atoms with E-state index in [0.29, 0.717) is 0 Å². The van der Waals surface area contributed by atoms with Gasteiger partial charge in [-0.25, -0.2) is 0 Å². The van der Waals surface area contributed by atoms with E-state index in [1.54, 1.807) is 7.11 Å². The highest BCUT2D eigenvalue weighted by atomic mass is 16.5. The maximum absolute atomic E-state index is 5.06. The van der Waals surface area contributed by atoms with Crippen molar-refractivity contribution in [3.8, 4) is 0 Å². The van der Waals surface area contributed by atoms with E-state index in [-0.39, 0.29) is 0 Å². The van der Waals surface area contributed by atoms with E-state index in [1.165, 1.54) is 5.57 Å². The second-order valence-electron chi connectivity index (χ2n) is 2.24. The summed E-state index contributed by atoms with van der Waals surface area (Å²) in [5, 5.41) is 0. The summed E-state index contributed by atoms with van der Waals surface area (Å²) >= 11 is 0. The molecule has 0 fully saturated rings. The summed E-state index contributed by atoms with van der Waals surface area (Å²) in [7, 11) is 1.69. The topological polar surface area (TPSA) is 9.23 Å². The minimum Gasteiger partial charge on any atom is -0.497 e. The van der Waals surface area contributed by atoms with Crippen LogP contribution in [-0.2, 0) is 4.74 Å². The Balaban J connectivity index is 0. The first-order valence-corrected chi connectivity index (χ1v) is 4.62. The lowest BCUT2D eigenvalue weighted by molar-refractivity contribution is 0.305. The van der Waals surface area contributed by atoms with Gasteiger partial charge in [-0.3, -0.25) is 0 Å². The van der Waals surface area contributed by atoms with Gasteiger partial charge in [-0.05, 0) is 32.4 Å². The first-order valence-electron chi connectivity index (χ1n) is 4.62. The fourth-order valence-corrected chi connectivity index (χ4v) is 0.605. The van der Waals surface area contributed by atoms with Gasteiger partial charge < -0.3 is 4.74 Å². The van der Waals surface area contributed by atoms with Crippen molar-refractivity contribution in [2.24, 2.45) is 0 Å². The third kappa shape index (κ3) is 7.39. The smallest absolute Gasteiger partial charge is 0.114 e. The van der Waals surface area contributed by atoms with Gasteiger partial charge in [-0.15, -0.1) is 0 Å². The van der Waals surface area contributed by atoms with Gasteiger partial charge in [0.2, 0.25) is 0 Å². The quantitative estimate of drug-likeness (QED) is 0.461. The second kappa shape index (κ2) is 10.3. The van der Waals surface area contributed by atoms with Crippen molar-refractivity contribution in [3.63, 3.8) is 0 Å². The molecule has 1 nitrogen and oxygen atoms in total. The van der Waals surface area contributed by atoms with Gasteiger partial charge >= 0.3 is 0 Å². The summed E-state index contributed by atoms with van der Waals surface area (Å²) < 4.78 is 5.06. The lowest BCUT2D eigenvalue weighted by atomic mass is 10.2. The van der Waals surface area contributed by atoms with Crippen LogP contribution in [0.1, 0.15) is 41.0 Å². The van der Waals surface area contributed by atoms with Crippen LogP contribution in [0.2, 0.25) is 0 Å². The molecule has 0 spiro atoms. The molecular formula is C11H22O. The minimum atomic E-state index is 0.944. The van der Waals surface area contributed by atoms with Crippen molar-refractivity contribution in [2.45, 2.75) is 41.0 Å². The molecule has 0 bridgehead atoms. The highest BCUT2D eigenvalue weighted by molar-refractivity contribution is 5.16. The molecule has 12 heavy (non-hydrogen) atoms. The number of hydrogen-bond acceptors (Lipinski definition) is 1. The van der Waals surface area contributed by atoms with E-state index in [2.05, 4.69) is 19.9 Å². The van der Waals surface area contributed by atoms with Crippen molar-refractivity contribution >= 4 is 0 Å². The summed E-state index contributed by atoms with van der Waals surface area (Å²) in [4.78, 5) is 0. The molecular weight excluding hydrogens is 148 g/mol. The molecule has 0 aromatic rings. The molecule has 0 atom stereocenters. The monoisotopic (exact) mass is 170 g/mol. The van der Waals surface area contributed by atoms with Crippen LogP contribution in [0.5, 0.6) is 0 Å². The third-order valence-corrected chi connectivity index (χ3v) is 1.47. The predicted octanol–water partition coefficient (Wildman–Crippen LogP) is 3.92. The molecule has 0 saturated carbocycles. The molecule has 0 rings (SSSR count). The fourth-order valence-electron chi connectivity index (χ4n) is 0.605.